The number of nitrogens with zero attached hydrogens (tertiary/aromatic N) is 1. The Balaban J connectivity index is 2.17. The molecule has 2 unspecified atom stereocenters. The van der Waals surface area contributed by atoms with Gasteiger partial charge in [-0.05, 0) is 43.4 Å². The van der Waals surface area contributed by atoms with Crippen LogP contribution in [0.4, 0.5) is 0 Å². The fourth-order valence-electron chi connectivity index (χ4n) is 3.64. The Bertz CT molecular complexity index is 368. The molecule has 106 valence electrons. The van der Waals surface area contributed by atoms with Gasteiger partial charge in [-0.2, -0.15) is 0 Å². The molecule has 0 spiro atoms. The van der Waals surface area contributed by atoms with E-state index in [0.717, 1.165) is 6.54 Å². The van der Waals surface area contributed by atoms with Crippen molar-refractivity contribution in [2.24, 2.45) is 5.41 Å². The smallest absolute Gasteiger partial charge is 0.0447 e. The summed E-state index contributed by atoms with van der Waals surface area (Å²) in [4.78, 5) is 4.57. The van der Waals surface area contributed by atoms with Gasteiger partial charge in [-0.3, -0.25) is 4.98 Å². The molecular formula is C17H28N2. The maximum Gasteiger partial charge on any atom is 0.0447 e. The van der Waals surface area contributed by atoms with E-state index in [9.17, 15) is 0 Å². The molecule has 1 heterocycles. The van der Waals surface area contributed by atoms with Crippen LogP contribution in [-0.2, 0) is 0 Å². The molecule has 1 aliphatic rings. The predicted octanol–water partition coefficient (Wildman–Crippen LogP) is 4.13. The van der Waals surface area contributed by atoms with Gasteiger partial charge in [-0.15, -0.1) is 0 Å². The normalized spacial score (nSPS) is 21.2. The van der Waals surface area contributed by atoms with Gasteiger partial charge in [0.2, 0.25) is 0 Å². The Morgan fingerprint density at radius 1 is 1.32 bits per heavy atom. The molecule has 1 aromatic heterocycles. The third-order valence-corrected chi connectivity index (χ3v) is 4.77. The van der Waals surface area contributed by atoms with Crippen LogP contribution in [0.25, 0.3) is 0 Å². The summed E-state index contributed by atoms with van der Waals surface area (Å²) in [6.45, 7) is 8.15. The first kappa shape index (κ1) is 14.5. The fourth-order valence-corrected chi connectivity index (χ4v) is 3.64. The van der Waals surface area contributed by atoms with Crippen molar-refractivity contribution in [1.29, 1.82) is 0 Å². The second-order valence-electron chi connectivity index (χ2n) is 6.34. The summed E-state index contributed by atoms with van der Waals surface area (Å²) < 4.78 is 0. The van der Waals surface area contributed by atoms with Crippen LogP contribution in [0.15, 0.2) is 24.4 Å². The largest absolute Gasteiger partial charge is 0.313 e. The van der Waals surface area contributed by atoms with Crippen molar-refractivity contribution in [2.45, 2.75) is 64.8 Å². The molecule has 0 aromatic carbocycles. The van der Waals surface area contributed by atoms with Gasteiger partial charge in [-0.25, -0.2) is 0 Å². The van der Waals surface area contributed by atoms with Gasteiger partial charge < -0.3 is 5.32 Å². The minimum absolute atomic E-state index is 0.437. The van der Waals surface area contributed by atoms with Crippen molar-refractivity contribution in [3.05, 3.63) is 30.1 Å². The van der Waals surface area contributed by atoms with Crippen LogP contribution < -0.4 is 5.32 Å². The number of pyridine rings is 1. The van der Waals surface area contributed by atoms with Crippen LogP contribution in [-0.4, -0.2) is 17.6 Å². The van der Waals surface area contributed by atoms with Crippen molar-refractivity contribution in [1.82, 2.24) is 10.3 Å². The number of aromatic nitrogens is 1. The molecule has 0 aliphatic heterocycles. The summed E-state index contributed by atoms with van der Waals surface area (Å²) in [6.07, 6.45) is 8.59. The standard InChI is InChI=1S/C17H28N2/c1-4-12-19-16(17(3)10-6-7-11-17)14(2)15-9-5-8-13-18-15/h5,8-9,13-14,16,19H,4,6-7,10-12H2,1-3H3. The molecule has 2 heteroatoms. The lowest BCUT2D eigenvalue weighted by Crippen LogP contribution is -2.46. The van der Waals surface area contributed by atoms with Crippen molar-refractivity contribution < 1.29 is 0 Å². The van der Waals surface area contributed by atoms with Gasteiger partial charge in [0.15, 0.2) is 0 Å². The zero-order valence-corrected chi connectivity index (χ0v) is 12.7. The predicted molar refractivity (Wildman–Crippen MR) is 81.3 cm³/mol. The number of rotatable bonds is 6. The summed E-state index contributed by atoms with van der Waals surface area (Å²) in [6, 6.07) is 6.82. The fraction of sp³-hybridized carbons (Fsp3) is 0.706. The molecule has 1 aromatic rings. The third kappa shape index (κ3) is 3.36. The Morgan fingerprint density at radius 3 is 2.63 bits per heavy atom. The highest BCUT2D eigenvalue weighted by Gasteiger charge is 2.40. The molecule has 0 radical (unpaired) electrons. The molecule has 2 rings (SSSR count). The van der Waals surface area contributed by atoms with E-state index in [4.69, 9.17) is 0 Å². The maximum absolute atomic E-state index is 4.57. The van der Waals surface area contributed by atoms with E-state index >= 15 is 0 Å². The van der Waals surface area contributed by atoms with Crippen LogP contribution in [0.2, 0.25) is 0 Å². The van der Waals surface area contributed by atoms with Gasteiger partial charge in [-0.1, -0.05) is 39.7 Å². The van der Waals surface area contributed by atoms with Gasteiger partial charge in [0.25, 0.3) is 0 Å². The molecule has 19 heavy (non-hydrogen) atoms. The monoisotopic (exact) mass is 260 g/mol. The van der Waals surface area contributed by atoms with E-state index in [1.165, 1.54) is 37.8 Å². The first-order valence-electron chi connectivity index (χ1n) is 7.81. The molecule has 0 bridgehead atoms. The van der Waals surface area contributed by atoms with Crippen LogP contribution in [0.3, 0.4) is 0 Å². The van der Waals surface area contributed by atoms with Crippen molar-refractivity contribution >= 4 is 0 Å². The maximum atomic E-state index is 4.57. The number of nitrogens with one attached hydrogen (secondary N) is 1. The molecule has 1 aliphatic carbocycles. The average molecular weight is 260 g/mol. The van der Waals surface area contributed by atoms with Crippen molar-refractivity contribution in [3.63, 3.8) is 0 Å². The van der Waals surface area contributed by atoms with Crippen LogP contribution in [0.5, 0.6) is 0 Å². The van der Waals surface area contributed by atoms with E-state index in [1.807, 2.05) is 12.3 Å². The molecule has 2 nitrogen and oxygen atoms in total. The third-order valence-electron chi connectivity index (χ3n) is 4.77. The van der Waals surface area contributed by atoms with Crippen LogP contribution in [0, 0.1) is 5.41 Å². The highest BCUT2D eigenvalue weighted by Crippen LogP contribution is 2.44. The molecule has 0 amide bonds. The zero-order chi connectivity index (χ0) is 13.7. The lowest BCUT2D eigenvalue weighted by atomic mass is 9.74. The highest BCUT2D eigenvalue weighted by atomic mass is 14.9. The van der Waals surface area contributed by atoms with Gasteiger partial charge >= 0.3 is 0 Å². The van der Waals surface area contributed by atoms with E-state index < -0.39 is 0 Å². The molecule has 1 N–H and O–H groups in total. The molecule has 1 fully saturated rings. The minimum Gasteiger partial charge on any atom is -0.313 e. The first-order valence-corrected chi connectivity index (χ1v) is 7.81. The topological polar surface area (TPSA) is 24.9 Å². The highest BCUT2D eigenvalue weighted by molar-refractivity contribution is 5.13. The minimum atomic E-state index is 0.437. The van der Waals surface area contributed by atoms with Crippen LogP contribution in [0.1, 0.15) is 64.5 Å². The average Bonchev–Trinajstić information content (AvgIpc) is 2.87. The van der Waals surface area contributed by atoms with Gasteiger partial charge in [0.1, 0.15) is 0 Å². The van der Waals surface area contributed by atoms with E-state index in [2.05, 4.69) is 43.2 Å². The first-order chi connectivity index (χ1) is 9.17. The van der Waals surface area contributed by atoms with E-state index in [-0.39, 0.29) is 0 Å². The molecule has 0 saturated heterocycles. The van der Waals surface area contributed by atoms with Crippen molar-refractivity contribution in [2.75, 3.05) is 6.54 Å². The SMILES string of the molecule is CCCNC(C(C)c1ccccn1)C1(C)CCCC1. The van der Waals surface area contributed by atoms with E-state index in [1.54, 1.807) is 0 Å². The quantitative estimate of drug-likeness (QED) is 0.831. The second-order valence-corrected chi connectivity index (χ2v) is 6.34. The van der Waals surface area contributed by atoms with E-state index in [0.29, 0.717) is 17.4 Å². The Kier molecular flexibility index (Phi) is 4.98. The van der Waals surface area contributed by atoms with Gasteiger partial charge in [0.05, 0.1) is 0 Å². The summed E-state index contributed by atoms with van der Waals surface area (Å²) in [7, 11) is 0. The summed E-state index contributed by atoms with van der Waals surface area (Å²) in [5.74, 6) is 0.482. The van der Waals surface area contributed by atoms with Crippen LogP contribution >= 0.6 is 0 Å². The zero-order valence-electron chi connectivity index (χ0n) is 12.7. The summed E-state index contributed by atoms with van der Waals surface area (Å²) in [5.41, 5.74) is 1.66. The summed E-state index contributed by atoms with van der Waals surface area (Å²) in [5, 5.41) is 3.81. The molecular weight excluding hydrogens is 232 g/mol. The van der Waals surface area contributed by atoms with Crippen molar-refractivity contribution in [3.8, 4) is 0 Å². The number of hydrogen-bond acceptors (Lipinski definition) is 2. The molecule has 2 atom stereocenters. The molecule has 1 saturated carbocycles. The Hall–Kier alpha value is -0.890. The Labute approximate surface area is 118 Å². The summed E-state index contributed by atoms with van der Waals surface area (Å²) >= 11 is 0. The number of hydrogen-bond donors (Lipinski definition) is 1. The van der Waals surface area contributed by atoms with Gasteiger partial charge in [0, 0.05) is 23.9 Å². The second kappa shape index (κ2) is 6.51. The lowest BCUT2D eigenvalue weighted by molar-refractivity contribution is 0.195. The Morgan fingerprint density at radius 2 is 2.05 bits per heavy atom. The lowest BCUT2D eigenvalue weighted by Gasteiger charge is -2.39.